The van der Waals surface area contributed by atoms with Gasteiger partial charge in [0, 0.05) is 9.65 Å². The van der Waals surface area contributed by atoms with Gasteiger partial charge in [0.1, 0.15) is 0 Å². The van der Waals surface area contributed by atoms with E-state index in [0.717, 1.165) is 0 Å². The summed E-state index contributed by atoms with van der Waals surface area (Å²) in [5.74, 6) is 0. The predicted molar refractivity (Wildman–Crippen MR) is 46.0 cm³/mol. The quantitative estimate of drug-likeness (QED) is 0.668. The fourth-order valence-corrected chi connectivity index (χ4v) is 1.23. The van der Waals surface area contributed by atoms with Crippen molar-refractivity contribution in [2.45, 2.75) is 36.3 Å². The molecule has 0 radical (unpaired) electrons. The maximum Gasteiger partial charge on any atom is 0.0268 e. The highest BCUT2D eigenvalue weighted by Gasteiger charge is 2.07. The first-order chi connectivity index (χ1) is 3.68. The normalized spacial score (nSPS) is 18.0. The summed E-state index contributed by atoms with van der Waals surface area (Å²) in [5, 5.41) is 0. The number of rotatable bonds is 3. The molecule has 0 nitrogen and oxygen atoms in total. The Bertz CT molecular complexity index is 52.5. The number of alkyl halides is 2. The fourth-order valence-electron chi connectivity index (χ4n) is 0.505. The summed E-state index contributed by atoms with van der Waals surface area (Å²) in [5.41, 5.74) is 0. The van der Waals surface area contributed by atoms with E-state index >= 15 is 0 Å². The van der Waals surface area contributed by atoms with Crippen LogP contribution in [0.5, 0.6) is 0 Å². The van der Waals surface area contributed by atoms with Crippen molar-refractivity contribution in [1.82, 2.24) is 0 Å². The largest absolute Gasteiger partial charge is 0.0882 e. The first-order valence-corrected chi connectivity index (χ1v) is 4.79. The Morgan fingerprint density at radius 2 is 1.88 bits per heavy atom. The summed E-state index contributed by atoms with van der Waals surface area (Å²) in [7, 11) is 0. The number of hydrogen-bond acceptors (Lipinski definition) is 0. The van der Waals surface area contributed by atoms with Crippen LogP contribution in [0.15, 0.2) is 0 Å². The van der Waals surface area contributed by atoms with Crippen molar-refractivity contribution in [2.75, 3.05) is 0 Å². The van der Waals surface area contributed by atoms with E-state index in [0.29, 0.717) is 9.65 Å². The average molecular weight is 244 g/mol. The van der Waals surface area contributed by atoms with Gasteiger partial charge in [-0.1, -0.05) is 52.1 Å². The molecule has 50 valence electrons. The van der Waals surface area contributed by atoms with Gasteiger partial charge in [-0.2, -0.15) is 0 Å². The van der Waals surface area contributed by atoms with E-state index in [-0.39, 0.29) is 0 Å². The maximum absolute atomic E-state index is 3.56. The van der Waals surface area contributed by atoms with Gasteiger partial charge in [-0.3, -0.25) is 0 Å². The molecule has 0 aromatic heterocycles. The van der Waals surface area contributed by atoms with Crippen LogP contribution in [0.2, 0.25) is 0 Å². The van der Waals surface area contributed by atoms with E-state index in [4.69, 9.17) is 0 Å². The highest BCUT2D eigenvalue weighted by molar-refractivity contribution is 9.12. The lowest BCUT2D eigenvalue weighted by molar-refractivity contribution is 0.746. The lowest BCUT2D eigenvalue weighted by Gasteiger charge is -2.08. The topological polar surface area (TPSA) is 0 Å². The van der Waals surface area contributed by atoms with Gasteiger partial charge >= 0.3 is 0 Å². The second kappa shape index (κ2) is 4.80. The Hall–Kier alpha value is 0.960. The Balaban J connectivity index is 3.17. The van der Waals surface area contributed by atoms with Crippen molar-refractivity contribution in [1.29, 1.82) is 0 Å². The van der Waals surface area contributed by atoms with E-state index < -0.39 is 0 Å². The van der Waals surface area contributed by atoms with E-state index in [1.165, 1.54) is 12.8 Å². The van der Waals surface area contributed by atoms with Gasteiger partial charge in [-0.25, -0.2) is 0 Å². The van der Waals surface area contributed by atoms with Crippen molar-refractivity contribution < 1.29 is 0 Å². The third kappa shape index (κ3) is 3.90. The Kier molecular flexibility index (Phi) is 5.38. The molecule has 0 aliphatic carbocycles. The SMILES string of the molecule is CCC[C@H](Br)[C@H](C)Br. The minimum Gasteiger partial charge on any atom is -0.0882 e. The monoisotopic (exact) mass is 242 g/mol. The second-order valence-corrected chi connectivity index (χ2v) is 4.60. The van der Waals surface area contributed by atoms with Gasteiger partial charge in [0.15, 0.2) is 0 Å². The molecule has 0 aromatic rings. The average Bonchev–Trinajstić information content (AvgIpc) is 1.67. The molecule has 0 aromatic carbocycles. The smallest absolute Gasteiger partial charge is 0.0268 e. The molecular formula is C6H12Br2. The zero-order valence-electron chi connectivity index (χ0n) is 5.32. The lowest BCUT2D eigenvalue weighted by atomic mass is 10.2. The zero-order valence-corrected chi connectivity index (χ0v) is 8.50. The van der Waals surface area contributed by atoms with Gasteiger partial charge in [0.2, 0.25) is 0 Å². The van der Waals surface area contributed by atoms with Gasteiger partial charge in [0.05, 0.1) is 0 Å². The Morgan fingerprint density at radius 3 is 2.00 bits per heavy atom. The highest BCUT2D eigenvalue weighted by atomic mass is 79.9. The molecule has 2 atom stereocenters. The first-order valence-electron chi connectivity index (χ1n) is 2.96. The summed E-state index contributed by atoms with van der Waals surface area (Å²) in [6.07, 6.45) is 2.51. The standard InChI is InChI=1S/C6H12Br2/c1-3-4-6(8)5(2)7/h5-6H,3-4H2,1-2H3/t5-,6-/m0/s1. The molecule has 0 amide bonds. The zero-order chi connectivity index (χ0) is 6.57. The van der Waals surface area contributed by atoms with E-state index in [2.05, 4.69) is 45.7 Å². The second-order valence-electron chi connectivity index (χ2n) is 1.98. The molecule has 0 spiro atoms. The molecule has 0 aliphatic heterocycles. The van der Waals surface area contributed by atoms with E-state index in [9.17, 15) is 0 Å². The minimum atomic E-state index is 0.599. The van der Waals surface area contributed by atoms with E-state index in [1.807, 2.05) is 0 Å². The molecule has 0 heterocycles. The van der Waals surface area contributed by atoms with E-state index in [1.54, 1.807) is 0 Å². The third-order valence-corrected chi connectivity index (χ3v) is 3.66. The van der Waals surface area contributed by atoms with Gasteiger partial charge in [0.25, 0.3) is 0 Å². The van der Waals surface area contributed by atoms with Crippen molar-refractivity contribution >= 4 is 31.9 Å². The Labute approximate surface area is 68.3 Å². The van der Waals surface area contributed by atoms with Crippen LogP contribution in [0.4, 0.5) is 0 Å². The summed E-state index contributed by atoms with van der Waals surface area (Å²) < 4.78 is 0. The van der Waals surface area contributed by atoms with Crippen LogP contribution in [0, 0.1) is 0 Å². The lowest BCUT2D eigenvalue weighted by Crippen LogP contribution is -2.08. The van der Waals surface area contributed by atoms with Gasteiger partial charge in [-0.05, 0) is 6.42 Å². The highest BCUT2D eigenvalue weighted by Crippen LogP contribution is 2.17. The molecular weight excluding hydrogens is 232 g/mol. The molecule has 8 heavy (non-hydrogen) atoms. The molecule has 0 saturated heterocycles. The van der Waals surface area contributed by atoms with Crippen LogP contribution >= 0.6 is 31.9 Å². The Morgan fingerprint density at radius 1 is 1.38 bits per heavy atom. The molecule has 0 unspecified atom stereocenters. The van der Waals surface area contributed by atoms with Crippen molar-refractivity contribution in [3.8, 4) is 0 Å². The molecule has 0 bridgehead atoms. The van der Waals surface area contributed by atoms with Crippen molar-refractivity contribution in [3.05, 3.63) is 0 Å². The molecule has 0 aliphatic rings. The molecule has 0 fully saturated rings. The van der Waals surface area contributed by atoms with Crippen molar-refractivity contribution in [2.24, 2.45) is 0 Å². The molecule has 0 N–H and O–H groups in total. The van der Waals surface area contributed by atoms with Crippen LogP contribution < -0.4 is 0 Å². The maximum atomic E-state index is 3.56. The first kappa shape index (κ1) is 8.96. The van der Waals surface area contributed by atoms with Crippen molar-refractivity contribution in [3.63, 3.8) is 0 Å². The molecule has 2 heteroatoms. The number of halogens is 2. The molecule has 0 rings (SSSR count). The van der Waals surface area contributed by atoms with Gasteiger partial charge in [-0.15, -0.1) is 0 Å². The van der Waals surface area contributed by atoms with Crippen LogP contribution in [0.3, 0.4) is 0 Å². The number of hydrogen-bond donors (Lipinski definition) is 0. The fraction of sp³-hybridized carbons (Fsp3) is 1.00. The molecule has 0 saturated carbocycles. The summed E-state index contributed by atoms with van der Waals surface area (Å²) in [6, 6.07) is 0. The third-order valence-electron chi connectivity index (χ3n) is 1.06. The van der Waals surface area contributed by atoms with Crippen LogP contribution in [-0.4, -0.2) is 9.65 Å². The van der Waals surface area contributed by atoms with Crippen LogP contribution in [-0.2, 0) is 0 Å². The summed E-state index contributed by atoms with van der Waals surface area (Å²) in [6.45, 7) is 4.36. The predicted octanol–water partition coefficient (Wildman–Crippen LogP) is 3.33. The van der Waals surface area contributed by atoms with Crippen LogP contribution in [0.25, 0.3) is 0 Å². The van der Waals surface area contributed by atoms with Gasteiger partial charge < -0.3 is 0 Å². The minimum absolute atomic E-state index is 0.599. The summed E-state index contributed by atoms with van der Waals surface area (Å²) in [4.78, 5) is 1.25. The van der Waals surface area contributed by atoms with Crippen LogP contribution in [0.1, 0.15) is 26.7 Å². The summed E-state index contributed by atoms with van der Waals surface area (Å²) >= 11 is 7.05.